The van der Waals surface area contributed by atoms with Crippen LogP contribution >= 0.6 is 0 Å². The van der Waals surface area contributed by atoms with Gasteiger partial charge in [0.1, 0.15) is 0 Å². The van der Waals surface area contributed by atoms with Crippen molar-refractivity contribution in [2.24, 2.45) is 0 Å². The number of rotatable bonds is 9. The Bertz CT molecular complexity index is 544. The SMILES string of the molecule is c1ccc(COCCCCCC2(c3ccoc3)OCCO2)cc1. The number of hydrogen-bond acceptors (Lipinski definition) is 4. The number of unbranched alkanes of at least 4 members (excludes halogenated alkanes) is 2. The lowest BCUT2D eigenvalue weighted by atomic mass is 10.0. The fourth-order valence-electron chi connectivity index (χ4n) is 2.89. The van der Waals surface area contributed by atoms with E-state index in [4.69, 9.17) is 18.6 Å². The van der Waals surface area contributed by atoms with E-state index in [1.54, 1.807) is 12.5 Å². The molecule has 4 heteroatoms. The molecule has 0 spiro atoms. The predicted molar refractivity (Wildman–Crippen MR) is 86.9 cm³/mol. The monoisotopic (exact) mass is 316 g/mol. The first-order valence-electron chi connectivity index (χ1n) is 8.31. The maximum atomic E-state index is 5.86. The van der Waals surface area contributed by atoms with E-state index < -0.39 is 5.79 Å². The molecule has 0 radical (unpaired) electrons. The van der Waals surface area contributed by atoms with Crippen molar-refractivity contribution < 1.29 is 18.6 Å². The largest absolute Gasteiger partial charge is 0.472 e. The molecule has 1 aliphatic heterocycles. The Kier molecular flexibility index (Phi) is 5.86. The Balaban J connectivity index is 1.33. The minimum Gasteiger partial charge on any atom is -0.472 e. The molecule has 0 atom stereocenters. The summed E-state index contributed by atoms with van der Waals surface area (Å²) in [6.45, 7) is 2.76. The molecule has 0 amide bonds. The van der Waals surface area contributed by atoms with E-state index in [1.807, 2.05) is 24.3 Å². The Labute approximate surface area is 137 Å². The van der Waals surface area contributed by atoms with Gasteiger partial charge in [-0.05, 0) is 24.5 Å². The third kappa shape index (κ3) is 4.44. The van der Waals surface area contributed by atoms with Gasteiger partial charge in [-0.2, -0.15) is 0 Å². The van der Waals surface area contributed by atoms with Gasteiger partial charge in [0.25, 0.3) is 0 Å². The number of hydrogen-bond donors (Lipinski definition) is 0. The maximum absolute atomic E-state index is 5.86. The Hall–Kier alpha value is -1.62. The smallest absolute Gasteiger partial charge is 0.198 e. The van der Waals surface area contributed by atoms with Crippen LogP contribution in [0.4, 0.5) is 0 Å². The van der Waals surface area contributed by atoms with E-state index in [2.05, 4.69) is 12.1 Å². The summed E-state index contributed by atoms with van der Waals surface area (Å²) >= 11 is 0. The zero-order valence-corrected chi connectivity index (χ0v) is 13.4. The van der Waals surface area contributed by atoms with Gasteiger partial charge in [-0.15, -0.1) is 0 Å². The molecule has 1 aromatic carbocycles. The Morgan fingerprint density at radius 3 is 2.52 bits per heavy atom. The van der Waals surface area contributed by atoms with Crippen LogP contribution in [0.15, 0.2) is 53.3 Å². The van der Waals surface area contributed by atoms with E-state index in [0.717, 1.165) is 37.9 Å². The van der Waals surface area contributed by atoms with E-state index in [-0.39, 0.29) is 0 Å². The first kappa shape index (κ1) is 16.2. The van der Waals surface area contributed by atoms with Gasteiger partial charge in [-0.25, -0.2) is 0 Å². The van der Waals surface area contributed by atoms with Crippen molar-refractivity contribution in [2.45, 2.75) is 38.1 Å². The molecule has 0 unspecified atom stereocenters. The van der Waals surface area contributed by atoms with Crippen LogP contribution in [0.5, 0.6) is 0 Å². The highest BCUT2D eigenvalue weighted by Gasteiger charge is 2.38. The molecule has 0 bridgehead atoms. The van der Waals surface area contributed by atoms with Crippen LogP contribution in [0, 0.1) is 0 Å². The van der Waals surface area contributed by atoms with Gasteiger partial charge < -0.3 is 18.6 Å². The van der Waals surface area contributed by atoms with E-state index >= 15 is 0 Å². The molecule has 2 aromatic rings. The summed E-state index contributed by atoms with van der Waals surface area (Å²) in [6, 6.07) is 12.2. The molecule has 124 valence electrons. The van der Waals surface area contributed by atoms with Gasteiger partial charge in [0.15, 0.2) is 5.79 Å². The molecular formula is C19H24O4. The first-order chi connectivity index (χ1) is 11.4. The fraction of sp³-hybridized carbons (Fsp3) is 0.474. The molecule has 1 fully saturated rings. The molecule has 23 heavy (non-hydrogen) atoms. The zero-order valence-electron chi connectivity index (χ0n) is 13.4. The van der Waals surface area contributed by atoms with Crippen molar-refractivity contribution in [3.63, 3.8) is 0 Å². The molecule has 1 aromatic heterocycles. The summed E-state index contributed by atoms with van der Waals surface area (Å²) in [5.74, 6) is -0.599. The van der Waals surface area contributed by atoms with Gasteiger partial charge in [0.05, 0.1) is 32.3 Å². The van der Waals surface area contributed by atoms with Crippen LogP contribution in [0.2, 0.25) is 0 Å². The summed E-state index contributed by atoms with van der Waals surface area (Å²) in [5.41, 5.74) is 2.20. The van der Waals surface area contributed by atoms with Gasteiger partial charge >= 0.3 is 0 Å². The lowest BCUT2D eigenvalue weighted by molar-refractivity contribution is -0.172. The van der Waals surface area contributed by atoms with Gasteiger partial charge in [0, 0.05) is 18.6 Å². The van der Waals surface area contributed by atoms with Crippen LogP contribution in [0.1, 0.15) is 36.8 Å². The fourth-order valence-corrected chi connectivity index (χ4v) is 2.89. The van der Waals surface area contributed by atoms with Crippen molar-refractivity contribution in [1.29, 1.82) is 0 Å². The van der Waals surface area contributed by atoms with Crippen LogP contribution in [-0.2, 0) is 26.6 Å². The minimum absolute atomic E-state index is 0.599. The second-order valence-electron chi connectivity index (χ2n) is 5.81. The third-order valence-electron chi connectivity index (χ3n) is 4.12. The van der Waals surface area contributed by atoms with Crippen molar-refractivity contribution in [3.05, 3.63) is 60.1 Å². The van der Waals surface area contributed by atoms with Crippen LogP contribution in [0.25, 0.3) is 0 Å². The van der Waals surface area contributed by atoms with E-state index in [0.29, 0.717) is 19.8 Å². The minimum atomic E-state index is -0.599. The van der Waals surface area contributed by atoms with Crippen LogP contribution in [-0.4, -0.2) is 19.8 Å². The highest BCUT2D eigenvalue weighted by Crippen LogP contribution is 2.36. The summed E-state index contributed by atoms with van der Waals surface area (Å²) in [6.07, 6.45) is 7.42. The first-order valence-corrected chi connectivity index (χ1v) is 8.31. The highest BCUT2D eigenvalue weighted by atomic mass is 16.7. The van der Waals surface area contributed by atoms with Crippen molar-refractivity contribution in [2.75, 3.05) is 19.8 Å². The Morgan fingerprint density at radius 1 is 0.957 bits per heavy atom. The van der Waals surface area contributed by atoms with E-state index in [1.165, 1.54) is 5.56 Å². The molecule has 1 saturated heterocycles. The van der Waals surface area contributed by atoms with Gasteiger partial charge in [-0.1, -0.05) is 36.8 Å². The number of furan rings is 1. The van der Waals surface area contributed by atoms with Crippen molar-refractivity contribution in [3.8, 4) is 0 Å². The van der Waals surface area contributed by atoms with E-state index in [9.17, 15) is 0 Å². The van der Waals surface area contributed by atoms with Gasteiger partial charge in [-0.3, -0.25) is 0 Å². The average Bonchev–Trinajstić information content (AvgIpc) is 3.27. The molecule has 1 aliphatic rings. The molecular weight excluding hydrogens is 292 g/mol. The lowest BCUT2D eigenvalue weighted by Crippen LogP contribution is -2.26. The number of ether oxygens (including phenoxy) is 3. The number of benzene rings is 1. The molecule has 0 aliphatic carbocycles. The van der Waals surface area contributed by atoms with Gasteiger partial charge in [0.2, 0.25) is 0 Å². The lowest BCUT2D eigenvalue weighted by Gasteiger charge is -2.26. The molecule has 0 N–H and O–H groups in total. The summed E-state index contributed by atoms with van der Waals surface area (Å²) in [7, 11) is 0. The highest BCUT2D eigenvalue weighted by molar-refractivity contribution is 5.14. The second kappa shape index (κ2) is 8.29. The Morgan fingerprint density at radius 2 is 1.78 bits per heavy atom. The molecule has 3 rings (SSSR count). The summed E-state index contributed by atoms with van der Waals surface area (Å²) in [4.78, 5) is 0. The normalized spacial score (nSPS) is 16.7. The third-order valence-corrected chi connectivity index (χ3v) is 4.12. The topological polar surface area (TPSA) is 40.8 Å². The molecule has 2 heterocycles. The quantitative estimate of drug-likeness (QED) is 0.648. The summed E-state index contributed by atoms with van der Waals surface area (Å²) < 4.78 is 22.6. The molecule has 0 saturated carbocycles. The maximum Gasteiger partial charge on any atom is 0.198 e. The second-order valence-corrected chi connectivity index (χ2v) is 5.81. The van der Waals surface area contributed by atoms with Crippen LogP contribution < -0.4 is 0 Å². The predicted octanol–water partition coefficient (Wildman–Crippen LogP) is 4.26. The van der Waals surface area contributed by atoms with Crippen LogP contribution in [0.3, 0.4) is 0 Å². The standard InChI is InChI=1S/C19H24O4/c1-3-7-17(8-4-1)15-20-11-6-2-5-10-19(22-13-14-23-19)18-9-12-21-16-18/h1,3-4,7-9,12,16H,2,5-6,10-11,13-15H2. The van der Waals surface area contributed by atoms with Crippen molar-refractivity contribution >= 4 is 0 Å². The molecule has 4 nitrogen and oxygen atoms in total. The van der Waals surface area contributed by atoms with Crippen molar-refractivity contribution in [1.82, 2.24) is 0 Å². The average molecular weight is 316 g/mol. The zero-order chi connectivity index (χ0) is 15.8. The summed E-state index contributed by atoms with van der Waals surface area (Å²) in [5, 5.41) is 0.